The van der Waals surface area contributed by atoms with Crippen LogP contribution in [0.3, 0.4) is 0 Å². The van der Waals surface area contributed by atoms with Crippen LogP contribution in [0.2, 0.25) is 0 Å². The van der Waals surface area contributed by atoms with Crippen LogP contribution < -0.4 is 5.32 Å². The lowest BCUT2D eigenvalue weighted by Crippen LogP contribution is -2.49. The van der Waals surface area contributed by atoms with Gasteiger partial charge in [-0.25, -0.2) is 4.39 Å². The van der Waals surface area contributed by atoms with Gasteiger partial charge in [-0.05, 0) is 44.0 Å². The zero-order chi connectivity index (χ0) is 13.7. The number of likely N-dealkylation sites (N-methyl/N-ethyl adjacent to an activating group) is 1. The van der Waals surface area contributed by atoms with Crippen molar-refractivity contribution in [3.63, 3.8) is 0 Å². The number of nitrogens with one attached hydrogen (secondary N) is 1. The van der Waals surface area contributed by atoms with Crippen LogP contribution in [0, 0.1) is 5.82 Å². The van der Waals surface area contributed by atoms with Crippen molar-refractivity contribution in [3.8, 4) is 0 Å². The minimum Gasteiger partial charge on any atom is -0.388 e. The molecule has 1 aromatic rings. The summed E-state index contributed by atoms with van der Waals surface area (Å²) in [6.45, 7) is 3.50. The Labute approximate surface area is 114 Å². The number of hydrogen-bond acceptors (Lipinski definition) is 3. The number of likely N-dealkylation sites (tertiary alicyclic amines) is 1. The molecule has 1 saturated heterocycles. The highest BCUT2D eigenvalue weighted by molar-refractivity contribution is 5.16. The number of hydrogen-bond donors (Lipinski definition) is 2. The number of aliphatic hydroxyl groups is 1. The molecule has 0 spiro atoms. The molecule has 0 aliphatic carbocycles. The van der Waals surface area contributed by atoms with Crippen LogP contribution in [0.1, 0.15) is 18.4 Å². The Morgan fingerprint density at radius 1 is 1.26 bits per heavy atom. The summed E-state index contributed by atoms with van der Waals surface area (Å²) in [6, 6.07) is 6.71. The third-order valence-corrected chi connectivity index (χ3v) is 3.92. The van der Waals surface area contributed by atoms with Crippen molar-refractivity contribution in [2.45, 2.75) is 24.9 Å². The van der Waals surface area contributed by atoms with Crippen molar-refractivity contribution < 1.29 is 9.50 Å². The highest BCUT2D eigenvalue weighted by Gasteiger charge is 2.31. The summed E-state index contributed by atoms with van der Waals surface area (Å²) in [4.78, 5) is 2.37. The van der Waals surface area contributed by atoms with Crippen LogP contribution in [0.5, 0.6) is 0 Å². The van der Waals surface area contributed by atoms with Gasteiger partial charge in [-0.15, -0.1) is 0 Å². The van der Waals surface area contributed by atoms with E-state index in [2.05, 4.69) is 10.2 Å². The van der Waals surface area contributed by atoms with E-state index >= 15 is 0 Å². The minimum atomic E-state index is -0.541. The van der Waals surface area contributed by atoms with Crippen molar-refractivity contribution in [2.24, 2.45) is 0 Å². The lowest BCUT2D eigenvalue weighted by Gasteiger charge is -2.38. The molecule has 0 unspecified atom stereocenters. The summed E-state index contributed by atoms with van der Waals surface area (Å²) < 4.78 is 12.8. The second-order valence-electron chi connectivity index (χ2n) is 5.47. The third kappa shape index (κ3) is 4.27. The molecule has 2 N–H and O–H groups in total. The predicted octanol–water partition coefficient (Wildman–Crippen LogP) is 1.41. The molecule has 0 bridgehead atoms. The van der Waals surface area contributed by atoms with Crippen LogP contribution in [0.25, 0.3) is 0 Å². The summed E-state index contributed by atoms with van der Waals surface area (Å²) in [7, 11) is 1.87. The molecule has 106 valence electrons. The Bertz CT molecular complexity index is 386. The second-order valence-corrected chi connectivity index (χ2v) is 5.47. The van der Waals surface area contributed by atoms with Gasteiger partial charge in [-0.1, -0.05) is 12.1 Å². The lowest BCUT2D eigenvalue weighted by atomic mass is 9.91. The van der Waals surface area contributed by atoms with Crippen LogP contribution in [-0.4, -0.2) is 48.8 Å². The molecular weight excluding hydrogens is 243 g/mol. The monoisotopic (exact) mass is 266 g/mol. The first kappa shape index (κ1) is 14.4. The zero-order valence-corrected chi connectivity index (χ0v) is 11.5. The van der Waals surface area contributed by atoms with Gasteiger partial charge < -0.3 is 15.3 Å². The van der Waals surface area contributed by atoms with Crippen molar-refractivity contribution in [1.82, 2.24) is 10.2 Å². The molecule has 4 heteroatoms. The number of halogens is 1. The van der Waals surface area contributed by atoms with E-state index in [0.717, 1.165) is 44.5 Å². The second kappa shape index (κ2) is 6.46. The fourth-order valence-corrected chi connectivity index (χ4v) is 2.64. The normalized spacial score (nSPS) is 19.5. The Morgan fingerprint density at radius 2 is 1.89 bits per heavy atom. The SMILES string of the molecule is CNCC1(O)CCN(CCc2ccc(F)cc2)CC1. The van der Waals surface area contributed by atoms with Gasteiger partial charge in [0.2, 0.25) is 0 Å². The zero-order valence-electron chi connectivity index (χ0n) is 11.5. The maximum absolute atomic E-state index is 12.8. The third-order valence-electron chi connectivity index (χ3n) is 3.92. The number of benzene rings is 1. The van der Waals surface area contributed by atoms with Crippen LogP contribution in [0.4, 0.5) is 4.39 Å². The molecule has 0 saturated carbocycles. The molecule has 0 amide bonds. The molecule has 1 fully saturated rings. The van der Waals surface area contributed by atoms with Gasteiger partial charge in [-0.2, -0.15) is 0 Å². The highest BCUT2D eigenvalue weighted by atomic mass is 19.1. The van der Waals surface area contributed by atoms with Crippen molar-refractivity contribution in [2.75, 3.05) is 33.2 Å². The van der Waals surface area contributed by atoms with Crippen molar-refractivity contribution in [1.29, 1.82) is 0 Å². The average molecular weight is 266 g/mol. The maximum Gasteiger partial charge on any atom is 0.123 e. The Kier molecular flexibility index (Phi) is 4.91. The van der Waals surface area contributed by atoms with E-state index in [9.17, 15) is 9.50 Å². The Balaban J connectivity index is 1.75. The molecule has 0 radical (unpaired) electrons. The Hall–Kier alpha value is -0.970. The van der Waals surface area contributed by atoms with E-state index in [1.54, 1.807) is 0 Å². The summed E-state index contributed by atoms with van der Waals surface area (Å²) in [5.41, 5.74) is 0.624. The van der Waals surface area contributed by atoms with Crippen molar-refractivity contribution >= 4 is 0 Å². The van der Waals surface area contributed by atoms with E-state index in [-0.39, 0.29) is 5.82 Å². The molecule has 0 atom stereocenters. The van der Waals surface area contributed by atoms with Gasteiger partial charge >= 0.3 is 0 Å². The van der Waals surface area contributed by atoms with Crippen LogP contribution >= 0.6 is 0 Å². The van der Waals surface area contributed by atoms with Crippen LogP contribution in [0.15, 0.2) is 24.3 Å². The fraction of sp³-hybridized carbons (Fsp3) is 0.600. The summed E-state index contributed by atoms with van der Waals surface area (Å²) in [5.74, 6) is -0.182. The number of piperidine rings is 1. The molecule has 1 aliphatic rings. The van der Waals surface area contributed by atoms with Gasteiger partial charge in [0, 0.05) is 26.2 Å². The van der Waals surface area contributed by atoms with E-state index in [1.165, 1.54) is 12.1 Å². The number of rotatable bonds is 5. The highest BCUT2D eigenvalue weighted by Crippen LogP contribution is 2.21. The first-order valence-corrected chi connectivity index (χ1v) is 6.95. The Morgan fingerprint density at radius 3 is 2.47 bits per heavy atom. The molecule has 1 aliphatic heterocycles. The minimum absolute atomic E-state index is 0.182. The molecule has 1 aromatic carbocycles. The molecule has 3 nitrogen and oxygen atoms in total. The molecular formula is C15H23FN2O. The average Bonchev–Trinajstić information content (AvgIpc) is 2.40. The van der Waals surface area contributed by atoms with Gasteiger partial charge in [0.15, 0.2) is 0 Å². The van der Waals surface area contributed by atoms with E-state index in [4.69, 9.17) is 0 Å². The quantitative estimate of drug-likeness (QED) is 0.846. The first-order valence-electron chi connectivity index (χ1n) is 6.95. The molecule has 0 aromatic heterocycles. The van der Waals surface area contributed by atoms with Crippen LogP contribution in [-0.2, 0) is 6.42 Å². The molecule has 19 heavy (non-hydrogen) atoms. The van der Waals surface area contributed by atoms with Gasteiger partial charge in [0.05, 0.1) is 5.60 Å². The smallest absolute Gasteiger partial charge is 0.123 e. The van der Waals surface area contributed by atoms with Gasteiger partial charge in [0.25, 0.3) is 0 Å². The number of nitrogens with zero attached hydrogens (tertiary/aromatic N) is 1. The summed E-state index contributed by atoms with van der Waals surface area (Å²) in [6.07, 6.45) is 2.57. The topological polar surface area (TPSA) is 35.5 Å². The maximum atomic E-state index is 12.8. The van der Waals surface area contributed by atoms with Gasteiger partial charge in [-0.3, -0.25) is 0 Å². The standard InChI is InChI=1S/C15H23FN2O/c1-17-12-15(19)7-10-18(11-8-15)9-6-13-2-4-14(16)5-3-13/h2-5,17,19H,6-12H2,1H3. The first-order chi connectivity index (χ1) is 9.11. The fourth-order valence-electron chi connectivity index (χ4n) is 2.64. The van der Waals surface area contributed by atoms with Crippen molar-refractivity contribution in [3.05, 3.63) is 35.6 Å². The lowest BCUT2D eigenvalue weighted by molar-refractivity contribution is -0.0182. The summed E-state index contributed by atoms with van der Waals surface area (Å²) >= 11 is 0. The van der Waals surface area contributed by atoms with Gasteiger partial charge in [0.1, 0.15) is 5.82 Å². The predicted molar refractivity (Wildman–Crippen MR) is 74.7 cm³/mol. The van der Waals surface area contributed by atoms with E-state index in [1.807, 2.05) is 19.2 Å². The summed E-state index contributed by atoms with van der Waals surface area (Å²) in [5, 5.41) is 13.3. The van der Waals surface area contributed by atoms with E-state index < -0.39 is 5.60 Å². The largest absolute Gasteiger partial charge is 0.388 e. The van der Waals surface area contributed by atoms with E-state index in [0.29, 0.717) is 6.54 Å². The molecule has 2 rings (SSSR count). The molecule has 1 heterocycles.